The molecule has 1 fully saturated rings. The fraction of sp³-hybridized carbons (Fsp3) is 0.588. The molecule has 1 aromatic carbocycles. The topological polar surface area (TPSA) is 50.8 Å². The van der Waals surface area contributed by atoms with E-state index in [0.29, 0.717) is 29.6 Å². The maximum atomic E-state index is 12.5. The Labute approximate surface area is 132 Å². The summed E-state index contributed by atoms with van der Waals surface area (Å²) in [5, 5.41) is 3.00. The van der Waals surface area contributed by atoms with Crippen LogP contribution in [0.4, 0.5) is 0 Å². The molecule has 0 saturated carbocycles. The summed E-state index contributed by atoms with van der Waals surface area (Å²) in [5.74, 6) is 0.906. The van der Waals surface area contributed by atoms with Crippen LogP contribution in [0.2, 0.25) is 0 Å². The third-order valence-electron chi connectivity index (χ3n) is 4.23. The largest absolute Gasteiger partial charge is 0.496 e. The van der Waals surface area contributed by atoms with Gasteiger partial charge in [0.15, 0.2) is 0 Å². The monoisotopic (exact) mass is 306 g/mol. The first-order valence-electron chi connectivity index (χ1n) is 7.90. The van der Waals surface area contributed by atoms with Gasteiger partial charge in [0.1, 0.15) is 17.1 Å². The van der Waals surface area contributed by atoms with Crippen LogP contribution >= 0.6 is 0 Å². The minimum atomic E-state index is -0.154. The van der Waals surface area contributed by atoms with Gasteiger partial charge in [-0.05, 0) is 45.0 Å². The molecule has 0 aliphatic carbocycles. The third kappa shape index (κ3) is 3.91. The molecule has 0 aromatic heterocycles. The maximum absolute atomic E-state index is 12.5. The lowest BCUT2D eigenvalue weighted by molar-refractivity contribution is 0.0924. The Hall–Kier alpha value is -1.75. The van der Waals surface area contributed by atoms with Gasteiger partial charge < -0.3 is 14.8 Å². The number of piperidine rings is 1. The Balaban J connectivity index is 2.00. The highest BCUT2D eigenvalue weighted by molar-refractivity contribution is 5.99. The van der Waals surface area contributed by atoms with Crippen LogP contribution in [0.1, 0.15) is 36.5 Å². The first-order chi connectivity index (χ1) is 10.7. The summed E-state index contributed by atoms with van der Waals surface area (Å²) in [6.45, 7) is 5.02. The molecule has 1 heterocycles. The smallest absolute Gasteiger partial charge is 0.258 e. The van der Waals surface area contributed by atoms with Crippen molar-refractivity contribution >= 4 is 5.91 Å². The van der Waals surface area contributed by atoms with Gasteiger partial charge in [-0.15, -0.1) is 0 Å². The van der Waals surface area contributed by atoms with Crippen LogP contribution in [0.15, 0.2) is 18.2 Å². The molecule has 1 aliphatic rings. The minimum absolute atomic E-state index is 0.154. The fourth-order valence-corrected chi connectivity index (χ4v) is 2.89. The van der Waals surface area contributed by atoms with Crippen LogP contribution in [0.3, 0.4) is 0 Å². The zero-order chi connectivity index (χ0) is 15.9. The van der Waals surface area contributed by atoms with Crippen molar-refractivity contribution in [2.75, 3.05) is 33.9 Å². The summed E-state index contributed by atoms with van der Waals surface area (Å²) in [6, 6.07) is 5.69. The molecule has 0 radical (unpaired) electrons. The molecule has 1 saturated heterocycles. The van der Waals surface area contributed by atoms with E-state index >= 15 is 0 Å². The van der Waals surface area contributed by atoms with Gasteiger partial charge in [0.25, 0.3) is 5.91 Å². The summed E-state index contributed by atoms with van der Waals surface area (Å²) in [7, 11) is 3.11. The SMILES string of the molecule is COc1cccc(OC)c1C(=O)NCC(C)N1CCCCC1. The van der Waals surface area contributed by atoms with Crippen molar-refractivity contribution in [1.29, 1.82) is 0 Å². The second kappa shape index (κ2) is 8.03. The highest BCUT2D eigenvalue weighted by Gasteiger charge is 2.21. The van der Waals surface area contributed by atoms with E-state index < -0.39 is 0 Å². The quantitative estimate of drug-likeness (QED) is 0.876. The molecule has 2 rings (SSSR count). The Kier molecular flexibility index (Phi) is 6.07. The van der Waals surface area contributed by atoms with Crippen molar-refractivity contribution in [1.82, 2.24) is 10.2 Å². The average molecular weight is 306 g/mol. The van der Waals surface area contributed by atoms with Gasteiger partial charge in [0.05, 0.1) is 14.2 Å². The van der Waals surface area contributed by atoms with Gasteiger partial charge >= 0.3 is 0 Å². The van der Waals surface area contributed by atoms with E-state index in [9.17, 15) is 4.79 Å². The first kappa shape index (κ1) is 16.6. The highest BCUT2D eigenvalue weighted by atomic mass is 16.5. The Morgan fingerprint density at radius 1 is 1.18 bits per heavy atom. The van der Waals surface area contributed by atoms with E-state index in [1.165, 1.54) is 19.3 Å². The standard InChI is InChI=1S/C17H26N2O3/c1-13(19-10-5-4-6-11-19)12-18-17(20)16-14(21-2)8-7-9-15(16)22-3/h7-9,13H,4-6,10-12H2,1-3H3,(H,18,20). The second-order valence-electron chi connectivity index (χ2n) is 5.69. The number of amides is 1. The van der Waals surface area contributed by atoms with Gasteiger partial charge in [-0.25, -0.2) is 0 Å². The predicted octanol–water partition coefficient (Wildman–Crippen LogP) is 2.31. The number of hydrogen-bond donors (Lipinski definition) is 1. The second-order valence-corrected chi connectivity index (χ2v) is 5.69. The Morgan fingerprint density at radius 2 is 1.77 bits per heavy atom. The van der Waals surface area contributed by atoms with E-state index in [2.05, 4.69) is 17.1 Å². The zero-order valence-corrected chi connectivity index (χ0v) is 13.7. The Bertz CT molecular complexity index is 476. The molecular formula is C17H26N2O3. The molecule has 0 spiro atoms. The van der Waals surface area contributed by atoms with Gasteiger partial charge in [-0.2, -0.15) is 0 Å². The fourth-order valence-electron chi connectivity index (χ4n) is 2.89. The number of nitrogens with zero attached hydrogens (tertiary/aromatic N) is 1. The van der Waals surface area contributed by atoms with Gasteiger partial charge in [-0.1, -0.05) is 12.5 Å². The molecule has 1 amide bonds. The molecule has 5 nitrogen and oxygen atoms in total. The van der Waals surface area contributed by atoms with Crippen molar-refractivity contribution in [2.45, 2.75) is 32.2 Å². The van der Waals surface area contributed by atoms with E-state index in [-0.39, 0.29) is 5.91 Å². The lowest BCUT2D eigenvalue weighted by atomic mass is 10.1. The number of ether oxygens (including phenoxy) is 2. The van der Waals surface area contributed by atoms with E-state index in [0.717, 1.165) is 13.1 Å². The highest BCUT2D eigenvalue weighted by Crippen LogP contribution is 2.27. The van der Waals surface area contributed by atoms with Gasteiger partial charge in [-0.3, -0.25) is 9.69 Å². The molecule has 22 heavy (non-hydrogen) atoms. The number of carbonyl (C=O) groups is 1. The molecule has 1 unspecified atom stereocenters. The summed E-state index contributed by atoms with van der Waals surface area (Å²) in [6.07, 6.45) is 3.81. The van der Waals surface area contributed by atoms with Crippen LogP contribution in [0, 0.1) is 0 Å². The number of rotatable bonds is 6. The Morgan fingerprint density at radius 3 is 2.32 bits per heavy atom. The minimum Gasteiger partial charge on any atom is -0.496 e. The van der Waals surface area contributed by atoms with Crippen LogP contribution in [-0.4, -0.2) is 50.7 Å². The number of carbonyl (C=O) groups excluding carboxylic acids is 1. The molecule has 1 aromatic rings. The van der Waals surface area contributed by atoms with Gasteiger partial charge in [0, 0.05) is 12.6 Å². The molecule has 1 atom stereocenters. The number of benzene rings is 1. The first-order valence-corrected chi connectivity index (χ1v) is 7.90. The number of likely N-dealkylation sites (tertiary alicyclic amines) is 1. The van der Waals surface area contributed by atoms with Crippen LogP contribution in [0.25, 0.3) is 0 Å². The molecular weight excluding hydrogens is 280 g/mol. The zero-order valence-electron chi connectivity index (χ0n) is 13.7. The van der Waals surface area contributed by atoms with Crippen molar-refractivity contribution in [3.63, 3.8) is 0 Å². The molecule has 5 heteroatoms. The third-order valence-corrected chi connectivity index (χ3v) is 4.23. The average Bonchev–Trinajstić information content (AvgIpc) is 2.59. The summed E-state index contributed by atoms with van der Waals surface area (Å²) in [5.41, 5.74) is 0.457. The van der Waals surface area contributed by atoms with Crippen molar-refractivity contribution in [3.05, 3.63) is 23.8 Å². The maximum Gasteiger partial charge on any atom is 0.258 e. The summed E-state index contributed by atoms with van der Waals surface area (Å²) < 4.78 is 10.6. The lowest BCUT2D eigenvalue weighted by Crippen LogP contribution is -2.44. The summed E-state index contributed by atoms with van der Waals surface area (Å²) >= 11 is 0. The van der Waals surface area contributed by atoms with Crippen LogP contribution in [0.5, 0.6) is 11.5 Å². The van der Waals surface area contributed by atoms with Crippen molar-refractivity contribution in [2.24, 2.45) is 0 Å². The van der Waals surface area contributed by atoms with Gasteiger partial charge in [0.2, 0.25) is 0 Å². The predicted molar refractivity (Wildman–Crippen MR) is 86.8 cm³/mol. The molecule has 1 N–H and O–H groups in total. The molecule has 1 aliphatic heterocycles. The number of methoxy groups -OCH3 is 2. The molecule has 122 valence electrons. The van der Waals surface area contributed by atoms with Crippen molar-refractivity contribution in [3.8, 4) is 11.5 Å². The number of hydrogen-bond acceptors (Lipinski definition) is 4. The van der Waals surface area contributed by atoms with E-state index in [1.807, 2.05) is 6.07 Å². The summed E-state index contributed by atoms with van der Waals surface area (Å²) in [4.78, 5) is 14.9. The van der Waals surface area contributed by atoms with Crippen LogP contribution in [-0.2, 0) is 0 Å². The van der Waals surface area contributed by atoms with E-state index in [1.54, 1.807) is 26.4 Å². The van der Waals surface area contributed by atoms with Crippen molar-refractivity contribution < 1.29 is 14.3 Å². The normalized spacial score (nSPS) is 16.9. The van der Waals surface area contributed by atoms with E-state index in [4.69, 9.17) is 9.47 Å². The molecule has 0 bridgehead atoms. The number of nitrogens with one attached hydrogen (secondary N) is 1. The van der Waals surface area contributed by atoms with Crippen LogP contribution < -0.4 is 14.8 Å². The lowest BCUT2D eigenvalue weighted by Gasteiger charge is -2.32.